The number of hydrogen-bond acceptors (Lipinski definition) is 1. The smallest absolute Gasteiger partial charge is 0.147 e. The zero-order valence-electron chi connectivity index (χ0n) is 12.4. The summed E-state index contributed by atoms with van der Waals surface area (Å²) in [5, 5.41) is 0. The molecule has 1 rings (SSSR count). The van der Waals surface area contributed by atoms with E-state index in [9.17, 15) is 0 Å². The van der Waals surface area contributed by atoms with Gasteiger partial charge >= 0.3 is 122 Å². The fraction of sp³-hybridized carbons (Fsp3) is 0.538. The van der Waals surface area contributed by atoms with Crippen molar-refractivity contribution >= 4 is 42.2 Å². The zero-order chi connectivity index (χ0) is 13.1. The van der Waals surface area contributed by atoms with E-state index in [1.165, 1.54) is 17.2 Å². The minimum atomic E-state index is -0.324. The first-order valence-electron chi connectivity index (χ1n) is 6.31. The molecule has 0 saturated heterocycles. The summed E-state index contributed by atoms with van der Waals surface area (Å²) in [4.78, 5) is 0. The maximum Gasteiger partial charge on any atom is -0.147 e. The van der Waals surface area contributed by atoms with Crippen molar-refractivity contribution < 1.29 is 24.1 Å². The molecular formula is C13H25Cl2OSi2Ti. The van der Waals surface area contributed by atoms with Crippen LogP contribution in [0.2, 0.25) is 13.1 Å². The van der Waals surface area contributed by atoms with Crippen molar-refractivity contribution in [2.45, 2.75) is 45.3 Å². The van der Waals surface area contributed by atoms with Crippen molar-refractivity contribution in [2.24, 2.45) is 0 Å². The normalized spacial score (nSPS) is 11.2. The molecule has 109 valence electrons. The summed E-state index contributed by atoms with van der Waals surface area (Å²) in [7, 11) is -0.177. The molecule has 19 heavy (non-hydrogen) atoms. The predicted molar refractivity (Wildman–Crippen MR) is 91.4 cm³/mol. The van der Waals surface area contributed by atoms with Crippen molar-refractivity contribution in [3.8, 4) is 5.75 Å². The summed E-state index contributed by atoms with van der Waals surface area (Å²) in [5.74, 6) is 1.02. The van der Waals surface area contributed by atoms with Gasteiger partial charge in [0.05, 0.1) is 0 Å². The maximum atomic E-state index is 5.42. The minimum absolute atomic E-state index is 0. The van der Waals surface area contributed by atoms with Crippen LogP contribution in [-0.4, -0.2) is 17.4 Å². The van der Waals surface area contributed by atoms with Gasteiger partial charge in [-0.15, -0.1) is 24.8 Å². The molecule has 0 aromatic heterocycles. The molecule has 0 radical (unpaired) electrons. The van der Waals surface area contributed by atoms with Crippen molar-refractivity contribution in [3.05, 3.63) is 29.3 Å². The Kier molecular flexibility index (Phi) is 11.2. The second kappa shape index (κ2) is 9.64. The van der Waals surface area contributed by atoms with Crippen LogP contribution in [0.1, 0.15) is 31.9 Å². The quantitative estimate of drug-likeness (QED) is 0.737. The molecule has 0 atom stereocenters. The van der Waals surface area contributed by atoms with E-state index in [-0.39, 0.29) is 47.6 Å². The molecular weight excluding hydrogens is 347 g/mol. The minimum Gasteiger partial charge on any atom is -0.147 e. The Labute approximate surface area is 146 Å². The van der Waals surface area contributed by atoms with E-state index in [1.807, 2.05) is 0 Å². The second-order valence-corrected chi connectivity index (χ2v) is 17.0. The molecule has 1 aromatic carbocycles. The predicted octanol–water partition coefficient (Wildman–Crippen LogP) is 3.32. The van der Waals surface area contributed by atoms with Crippen LogP contribution in [0.5, 0.6) is 5.75 Å². The molecule has 0 amide bonds. The average Bonchev–Trinajstić information content (AvgIpc) is 2.24. The molecule has 1 nitrogen and oxygen atoms in total. The Morgan fingerprint density at radius 2 is 1.74 bits per heavy atom. The summed E-state index contributed by atoms with van der Waals surface area (Å²) >= 11 is 1.76. The largest absolute Gasteiger partial charge is 0.147 e. The fourth-order valence-electron chi connectivity index (χ4n) is 1.75. The van der Waals surface area contributed by atoms with Gasteiger partial charge in [-0.25, -0.2) is 0 Å². The van der Waals surface area contributed by atoms with Crippen molar-refractivity contribution in [1.82, 2.24) is 0 Å². The van der Waals surface area contributed by atoms with Gasteiger partial charge in [-0.1, -0.05) is 0 Å². The Hall–Kier alpha value is 0.748. The van der Waals surface area contributed by atoms with E-state index in [0.717, 1.165) is 5.75 Å². The average molecular weight is 372 g/mol. The SMILES string of the molecule is C[SiH](C)[SiH2]Cc1cc([O][Ti])cc(C(C)(C)C)c1.Cl.Cl. The van der Waals surface area contributed by atoms with Gasteiger partial charge in [-0.05, 0) is 0 Å². The van der Waals surface area contributed by atoms with Crippen LogP contribution in [-0.2, 0) is 32.3 Å². The fourth-order valence-corrected chi connectivity index (χ4v) is 5.87. The molecule has 0 saturated carbocycles. The molecule has 1 aromatic rings. The third-order valence-corrected chi connectivity index (χ3v) is 9.68. The Morgan fingerprint density at radius 1 is 1.16 bits per heavy atom. The van der Waals surface area contributed by atoms with Gasteiger partial charge < -0.3 is 0 Å². The Balaban J connectivity index is 0. The number of benzene rings is 1. The van der Waals surface area contributed by atoms with E-state index >= 15 is 0 Å². The molecule has 0 bridgehead atoms. The van der Waals surface area contributed by atoms with Crippen LogP contribution in [0.3, 0.4) is 0 Å². The molecule has 6 heteroatoms. The number of halogens is 2. The number of rotatable bonds is 4. The summed E-state index contributed by atoms with van der Waals surface area (Å²) < 4.78 is 5.42. The summed E-state index contributed by atoms with van der Waals surface area (Å²) in [6.45, 7) is 11.7. The molecule has 0 aliphatic rings. The van der Waals surface area contributed by atoms with Crippen molar-refractivity contribution in [1.29, 1.82) is 0 Å². The van der Waals surface area contributed by atoms with Gasteiger partial charge in [0.2, 0.25) is 0 Å². The van der Waals surface area contributed by atoms with E-state index in [4.69, 9.17) is 3.32 Å². The van der Waals surface area contributed by atoms with Gasteiger partial charge in [0, 0.05) is 0 Å². The molecule has 0 heterocycles. The first-order valence-corrected chi connectivity index (χ1v) is 13.5. The van der Waals surface area contributed by atoms with Crippen molar-refractivity contribution in [3.63, 3.8) is 0 Å². The van der Waals surface area contributed by atoms with Gasteiger partial charge in [-0.2, -0.15) is 0 Å². The van der Waals surface area contributed by atoms with Crippen LogP contribution in [0, 0.1) is 0 Å². The monoisotopic (exact) mass is 371 g/mol. The summed E-state index contributed by atoms with van der Waals surface area (Å²) in [5.41, 5.74) is 3.09. The molecule has 0 fully saturated rings. The van der Waals surface area contributed by atoms with Gasteiger partial charge in [-0.3, -0.25) is 0 Å². The van der Waals surface area contributed by atoms with Crippen LogP contribution in [0.4, 0.5) is 0 Å². The van der Waals surface area contributed by atoms with Crippen LogP contribution in [0.15, 0.2) is 18.2 Å². The zero-order valence-corrected chi connectivity index (χ0v) is 18.2. The van der Waals surface area contributed by atoms with Gasteiger partial charge in [0.25, 0.3) is 0 Å². The molecule has 0 unspecified atom stereocenters. The van der Waals surface area contributed by atoms with Gasteiger partial charge in [0.1, 0.15) is 0 Å². The second-order valence-electron chi connectivity index (χ2n) is 6.15. The topological polar surface area (TPSA) is 9.23 Å². The summed E-state index contributed by atoms with van der Waals surface area (Å²) in [6, 6.07) is 8.12. The van der Waals surface area contributed by atoms with E-state index < -0.39 is 0 Å². The van der Waals surface area contributed by atoms with E-state index in [1.54, 1.807) is 20.8 Å². The summed E-state index contributed by atoms with van der Waals surface area (Å²) in [6.07, 6.45) is 0. The molecule has 0 spiro atoms. The van der Waals surface area contributed by atoms with Crippen LogP contribution < -0.4 is 3.32 Å². The van der Waals surface area contributed by atoms with E-state index in [2.05, 4.69) is 52.1 Å². The van der Waals surface area contributed by atoms with Crippen LogP contribution >= 0.6 is 24.8 Å². The first-order chi connectivity index (χ1) is 7.82. The van der Waals surface area contributed by atoms with Crippen molar-refractivity contribution in [2.75, 3.05) is 0 Å². The molecule has 0 aliphatic heterocycles. The maximum absolute atomic E-state index is 5.42. The van der Waals surface area contributed by atoms with Crippen LogP contribution in [0.25, 0.3) is 0 Å². The van der Waals surface area contributed by atoms with Gasteiger partial charge in [0.15, 0.2) is 0 Å². The molecule has 0 aliphatic carbocycles. The molecule has 0 N–H and O–H groups in total. The van der Waals surface area contributed by atoms with E-state index in [0.29, 0.717) is 0 Å². The Morgan fingerprint density at radius 3 is 2.16 bits per heavy atom. The first kappa shape index (κ1) is 22.0. The standard InChI is InChI=1S/C13H24OSi2.2ClH.Ti/c1-13(2,3)11-6-10(7-12(14)8-11)9-15-16(4)5;;;/h6-8,14,16H,9,15H2,1-5H3;2*1H;/q;;;+1/p-1. The third-order valence-electron chi connectivity index (χ3n) is 2.96. The number of hydrogen-bond donors (Lipinski definition) is 0. The Bertz CT molecular complexity index is 381. The third kappa shape index (κ3) is 7.93.